The van der Waals surface area contributed by atoms with Crippen LogP contribution in [0.5, 0.6) is 0 Å². The predicted octanol–water partition coefficient (Wildman–Crippen LogP) is 3.36. The number of rotatable bonds is 7. The van der Waals surface area contributed by atoms with Crippen molar-refractivity contribution in [1.82, 2.24) is 10.6 Å². The zero-order valence-electron chi connectivity index (χ0n) is 17.8. The average molecular weight is 481 g/mol. The summed E-state index contributed by atoms with van der Waals surface area (Å²) in [6.07, 6.45) is -2.89. The first-order chi connectivity index (χ1) is 16.1. The van der Waals surface area contributed by atoms with E-state index in [-0.39, 0.29) is 24.6 Å². The predicted molar refractivity (Wildman–Crippen MR) is 115 cm³/mol. The Kier molecular flexibility index (Phi) is 8.24. The van der Waals surface area contributed by atoms with Crippen LogP contribution >= 0.6 is 0 Å². The van der Waals surface area contributed by atoms with Gasteiger partial charge in [0.1, 0.15) is 11.9 Å². The van der Waals surface area contributed by atoms with E-state index in [1.54, 1.807) is 18.2 Å². The molecule has 7 nitrogen and oxygen atoms in total. The molecular weight excluding hydrogens is 458 g/mol. The van der Waals surface area contributed by atoms with Crippen molar-refractivity contribution in [2.75, 3.05) is 11.9 Å². The van der Waals surface area contributed by atoms with Crippen LogP contribution in [-0.4, -0.2) is 41.9 Å². The molecule has 0 aliphatic carbocycles. The third kappa shape index (κ3) is 7.29. The monoisotopic (exact) mass is 481 g/mol. The number of amides is 3. The second-order valence-electron chi connectivity index (χ2n) is 7.59. The van der Waals surface area contributed by atoms with Gasteiger partial charge in [-0.1, -0.05) is 24.3 Å². The topological polar surface area (TPSA) is 99.7 Å². The number of aliphatic hydroxyl groups excluding tert-OH is 1. The van der Waals surface area contributed by atoms with Gasteiger partial charge in [-0.3, -0.25) is 4.79 Å². The van der Waals surface area contributed by atoms with Crippen molar-refractivity contribution in [3.8, 4) is 0 Å². The number of ether oxygens (including phenoxy) is 1. The molecule has 0 radical (unpaired) electrons. The van der Waals surface area contributed by atoms with Crippen LogP contribution in [0.4, 0.5) is 28.0 Å². The van der Waals surface area contributed by atoms with Gasteiger partial charge >= 0.3 is 12.2 Å². The maximum Gasteiger partial charge on any atom is 0.416 e. The van der Waals surface area contributed by atoms with E-state index in [2.05, 4.69) is 16.0 Å². The molecule has 2 aromatic carbocycles. The second-order valence-corrected chi connectivity index (χ2v) is 7.59. The molecule has 1 aliphatic rings. The molecule has 3 rings (SSSR count). The lowest BCUT2D eigenvalue weighted by molar-refractivity contribution is -0.137. The van der Waals surface area contributed by atoms with E-state index in [0.29, 0.717) is 5.56 Å². The largest absolute Gasteiger partial charge is 0.416 e. The molecule has 0 aromatic heterocycles. The highest BCUT2D eigenvalue weighted by Crippen LogP contribution is 2.29. The van der Waals surface area contributed by atoms with Crippen LogP contribution in [-0.2, 0) is 22.3 Å². The van der Waals surface area contributed by atoms with Gasteiger partial charge < -0.3 is 25.8 Å². The Morgan fingerprint density at radius 1 is 1.06 bits per heavy atom. The van der Waals surface area contributed by atoms with E-state index in [4.69, 9.17) is 4.74 Å². The molecule has 0 spiro atoms. The molecule has 0 saturated carbocycles. The number of hydrogen-bond acceptors (Lipinski definition) is 4. The van der Waals surface area contributed by atoms with Gasteiger partial charge in [0.05, 0.1) is 30.7 Å². The van der Waals surface area contributed by atoms with Crippen molar-refractivity contribution < 1.29 is 37.0 Å². The van der Waals surface area contributed by atoms with E-state index < -0.39 is 48.4 Å². The van der Waals surface area contributed by atoms with E-state index in [1.807, 2.05) is 0 Å². The number of aliphatic hydroxyl groups is 1. The number of nitrogens with one attached hydrogen (secondary N) is 3. The summed E-state index contributed by atoms with van der Waals surface area (Å²) >= 11 is 0. The van der Waals surface area contributed by atoms with Crippen LogP contribution in [0.2, 0.25) is 0 Å². The molecular formula is C23H23F4N3O4. The molecule has 11 heteroatoms. The fourth-order valence-electron chi connectivity index (χ4n) is 3.30. The van der Waals surface area contributed by atoms with Crippen molar-refractivity contribution >= 4 is 17.6 Å². The highest BCUT2D eigenvalue weighted by atomic mass is 19.4. The number of anilines is 1. The Morgan fingerprint density at radius 2 is 1.79 bits per heavy atom. The van der Waals surface area contributed by atoms with Crippen LogP contribution in [0, 0.1) is 5.82 Å². The van der Waals surface area contributed by atoms with Gasteiger partial charge in [0, 0.05) is 12.2 Å². The quantitative estimate of drug-likeness (QED) is 0.360. The molecule has 0 bridgehead atoms. The Balaban J connectivity index is 1.49. The summed E-state index contributed by atoms with van der Waals surface area (Å²) in [6.45, 7) is -0.304. The van der Waals surface area contributed by atoms with Gasteiger partial charge in [0.2, 0.25) is 5.91 Å². The number of carbonyl (C=O) groups is 2. The van der Waals surface area contributed by atoms with Gasteiger partial charge in [0.25, 0.3) is 0 Å². The second kappa shape index (κ2) is 11.1. The van der Waals surface area contributed by atoms with Gasteiger partial charge in [-0.05, 0) is 42.0 Å². The number of halogens is 4. The van der Waals surface area contributed by atoms with Crippen LogP contribution in [0.1, 0.15) is 17.5 Å². The minimum absolute atomic E-state index is 0.0488. The Morgan fingerprint density at radius 3 is 2.44 bits per heavy atom. The first-order valence-electron chi connectivity index (χ1n) is 10.3. The fraction of sp³-hybridized carbons (Fsp3) is 0.304. The molecule has 1 aliphatic heterocycles. The summed E-state index contributed by atoms with van der Waals surface area (Å²) < 4.78 is 56.8. The van der Waals surface area contributed by atoms with E-state index in [9.17, 15) is 32.3 Å². The number of hydrogen-bond donors (Lipinski definition) is 4. The fourth-order valence-corrected chi connectivity index (χ4v) is 3.30. The van der Waals surface area contributed by atoms with Crippen LogP contribution in [0.15, 0.2) is 60.7 Å². The highest BCUT2D eigenvalue weighted by molar-refractivity contribution is 5.89. The minimum Gasteiger partial charge on any atom is -0.394 e. The summed E-state index contributed by atoms with van der Waals surface area (Å²) in [7, 11) is 0. The lowest BCUT2D eigenvalue weighted by Gasteiger charge is -2.31. The van der Waals surface area contributed by atoms with E-state index in [0.717, 1.165) is 24.3 Å². The summed E-state index contributed by atoms with van der Waals surface area (Å²) in [6, 6.07) is 8.33. The number of benzene rings is 2. The van der Waals surface area contributed by atoms with Crippen LogP contribution < -0.4 is 16.0 Å². The minimum atomic E-state index is -4.48. The normalized spacial score (nSPS) is 20.0. The molecule has 1 heterocycles. The third-order valence-electron chi connectivity index (χ3n) is 5.00. The SMILES string of the molecule is O=C(C[C@@H]1C=C[C@@H](NC(=O)Nc2ccc(C(F)(F)F)cc2)[C@@H](CO)O1)NCc1cccc(F)c1. The molecule has 3 atom stereocenters. The molecule has 0 fully saturated rings. The van der Waals surface area contributed by atoms with Crippen molar-refractivity contribution in [2.45, 2.75) is 37.4 Å². The van der Waals surface area contributed by atoms with Crippen LogP contribution in [0.25, 0.3) is 0 Å². The number of carbonyl (C=O) groups excluding carboxylic acids is 2. The van der Waals surface area contributed by atoms with Gasteiger partial charge in [-0.15, -0.1) is 0 Å². The highest BCUT2D eigenvalue weighted by Gasteiger charge is 2.31. The zero-order valence-corrected chi connectivity index (χ0v) is 17.8. The molecule has 34 heavy (non-hydrogen) atoms. The molecule has 0 saturated heterocycles. The Labute approximate surface area is 192 Å². The molecule has 3 amide bonds. The number of alkyl halides is 3. The van der Waals surface area contributed by atoms with Crippen molar-refractivity contribution in [3.05, 3.63) is 77.6 Å². The van der Waals surface area contributed by atoms with E-state index in [1.165, 1.54) is 18.2 Å². The maximum absolute atomic E-state index is 13.2. The standard InChI is InChI=1S/C23H23F4N3O4/c24-16-3-1-2-14(10-16)12-28-21(32)11-18-8-9-19(20(13-31)34-18)30-22(33)29-17-6-4-15(5-7-17)23(25,26)27/h1-10,18-20,31H,11-13H2,(H,28,32)(H2,29,30,33)/t18-,19+,20+/m0/s1. The third-order valence-corrected chi connectivity index (χ3v) is 5.00. The lowest BCUT2D eigenvalue weighted by Crippen LogP contribution is -2.50. The summed E-state index contributed by atoms with van der Waals surface area (Å²) in [4.78, 5) is 24.4. The van der Waals surface area contributed by atoms with Crippen molar-refractivity contribution in [2.24, 2.45) is 0 Å². The molecule has 4 N–H and O–H groups in total. The van der Waals surface area contributed by atoms with Crippen molar-refractivity contribution in [3.63, 3.8) is 0 Å². The van der Waals surface area contributed by atoms with Crippen LogP contribution in [0.3, 0.4) is 0 Å². The lowest BCUT2D eigenvalue weighted by atomic mass is 10.0. The first kappa shape index (κ1) is 25.2. The van der Waals surface area contributed by atoms with Gasteiger partial charge in [-0.2, -0.15) is 13.2 Å². The molecule has 182 valence electrons. The van der Waals surface area contributed by atoms with Crippen molar-refractivity contribution in [1.29, 1.82) is 0 Å². The summed E-state index contributed by atoms with van der Waals surface area (Å²) in [5, 5.41) is 17.3. The smallest absolute Gasteiger partial charge is 0.394 e. The Hall–Kier alpha value is -3.44. The molecule has 0 unspecified atom stereocenters. The maximum atomic E-state index is 13.2. The zero-order chi connectivity index (χ0) is 24.7. The molecule has 2 aromatic rings. The average Bonchev–Trinajstić information content (AvgIpc) is 2.78. The Bertz CT molecular complexity index is 1030. The van der Waals surface area contributed by atoms with Gasteiger partial charge in [-0.25, -0.2) is 9.18 Å². The van der Waals surface area contributed by atoms with Gasteiger partial charge in [0.15, 0.2) is 0 Å². The summed E-state index contributed by atoms with van der Waals surface area (Å²) in [5.41, 5.74) is -0.0851. The van der Waals surface area contributed by atoms with E-state index >= 15 is 0 Å². The first-order valence-corrected chi connectivity index (χ1v) is 10.3. The summed E-state index contributed by atoms with van der Waals surface area (Å²) in [5.74, 6) is -0.751. The number of urea groups is 1.